The number of aromatic nitrogens is 2. The molecular formula is C15H30N4S. The van der Waals surface area contributed by atoms with Gasteiger partial charge in [-0.25, -0.2) is 0 Å². The molecule has 0 aliphatic heterocycles. The lowest BCUT2D eigenvalue weighted by atomic mass is 10.0. The van der Waals surface area contributed by atoms with Crippen LogP contribution in [0.2, 0.25) is 0 Å². The Kier molecular flexibility index (Phi) is 10.7. The van der Waals surface area contributed by atoms with Gasteiger partial charge in [0.15, 0.2) is 0 Å². The maximum absolute atomic E-state index is 5.57. The van der Waals surface area contributed by atoms with E-state index in [-0.39, 0.29) is 6.04 Å². The molecule has 0 amide bonds. The normalized spacial score (nSPS) is 12.7. The first-order chi connectivity index (χ1) is 9.88. The largest absolute Gasteiger partial charge is 0.271 e. The summed E-state index contributed by atoms with van der Waals surface area (Å²) in [5.74, 6) is 5.57. The first kappa shape index (κ1) is 17.5. The molecule has 0 fully saturated rings. The third kappa shape index (κ3) is 7.92. The van der Waals surface area contributed by atoms with E-state index in [0.29, 0.717) is 0 Å². The minimum atomic E-state index is 0.169. The number of rotatable bonds is 13. The molecule has 116 valence electrons. The zero-order valence-corrected chi connectivity index (χ0v) is 13.6. The summed E-state index contributed by atoms with van der Waals surface area (Å²) in [6.07, 6.45) is 16.5. The highest BCUT2D eigenvalue weighted by molar-refractivity contribution is 6.99. The van der Waals surface area contributed by atoms with Gasteiger partial charge in [0.2, 0.25) is 0 Å². The summed E-state index contributed by atoms with van der Waals surface area (Å²) in [7, 11) is 0. The standard InChI is InChI=1S/C15H30N4S/c1-2-3-4-5-6-7-8-9-10-11-12-14(18-16)15-13-17-20-19-15/h13-14,18H,2-12,16H2,1H3. The Morgan fingerprint density at radius 2 is 1.65 bits per heavy atom. The van der Waals surface area contributed by atoms with E-state index >= 15 is 0 Å². The molecule has 0 radical (unpaired) electrons. The van der Waals surface area contributed by atoms with Crippen molar-refractivity contribution >= 4 is 11.7 Å². The predicted molar refractivity (Wildman–Crippen MR) is 86.4 cm³/mol. The van der Waals surface area contributed by atoms with Crippen LogP contribution in [0.25, 0.3) is 0 Å². The van der Waals surface area contributed by atoms with Crippen LogP contribution in [0.1, 0.15) is 89.3 Å². The SMILES string of the molecule is CCCCCCCCCCCCC(NN)c1cnsn1. The van der Waals surface area contributed by atoms with Gasteiger partial charge in [-0.3, -0.25) is 11.3 Å². The molecule has 4 nitrogen and oxygen atoms in total. The van der Waals surface area contributed by atoms with Crippen LogP contribution < -0.4 is 11.3 Å². The second-order valence-electron chi connectivity index (χ2n) is 5.52. The van der Waals surface area contributed by atoms with E-state index in [2.05, 4.69) is 21.1 Å². The molecule has 0 aliphatic carbocycles. The Morgan fingerprint density at radius 3 is 2.15 bits per heavy atom. The Hall–Kier alpha value is -0.520. The fourth-order valence-electron chi connectivity index (χ4n) is 2.48. The van der Waals surface area contributed by atoms with Gasteiger partial charge in [-0.15, -0.1) is 0 Å². The van der Waals surface area contributed by atoms with Gasteiger partial charge in [0.1, 0.15) is 0 Å². The van der Waals surface area contributed by atoms with Crippen LogP contribution in [-0.2, 0) is 0 Å². The molecule has 1 heterocycles. The zero-order chi connectivity index (χ0) is 14.5. The summed E-state index contributed by atoms with van der Waals surface area (Å²) in [6.45, 7) is 2.27. The first-order valence-electron chi connectivity index (χ1n) is 8.12. The van der Waals surface area contributed by atoms with Gasteiger partial charge in [-0.05, 0) is 6.42 Å². The summed E-state index contributed by atoms with van der Waals surface area (Å²) in [5, 5.41) is 0. The topological polar surface area (TPSA) is 63.8 Å². The van der Waals surface area contributed by atoms with Crippen molar-refractivity contribution in [1.82, 2.24) is 14.2 Å². The number of nitrogens with one attached hydrogen (secondary N) is 1. The molecule has 1 aromatic rings. The third-order valence-corrected chi connectivity index (χ3v) is 4.28. The number of hydrogen-bond donors (Lipinski definition) is 2. The van der Waals surface area contributed by atoms with Crippen LogP contribution in [0.15, 0.2) is 6.20 Å². The van der Waals surface area contributed by atoms with Gasteiger partial charge in [0, 0.05) is 0 Å². The Bertz CT molecular complexity index is 303. The van der Waals surface area contributed by atoms with Crippen molar-refractivity contribution in [2.45, 2.75) is 83.6 Å². The summed E-state index contributed by atoms with van der Waals surface area (Å²) < 4.78 is 8.26. The summed E-state index contributed by atoms with van der Waals surface area (Å²) in [6, 6.07) is 0.169. The van der Waals surface area contributed by atoms with Gasteiger partial charge < -0.3 is 0 Å². The van der Waals surface area contributed by atoms with Crippen molar-refractivity contribution in [2.24, 2.45) is 5.84 Å². The molecule has 1 atom stereocenters. The smallest absolute Gasteiger partial charge is 0.0925 e. The summed E-state index contributed by atoms with van der Waals surface area (Å²) in [4.78, 5) is 0. The number of unbranched alkanes of at least 4 members (excludes halogenated alkanes) is 9. The van der Waals surface area contributed by atoms with Crippen molar-refractivity contribution < 1.29 is 0 Å². The average Bonchev–Trinajstić information content (AvgIpc) is 2.99. The highest BCUT2D eigenvalue weighted by atomic mass is 32.1. The Labute approximate surface area is 127 Å². The lowest BCUT2D eigenvalue weighted by Crippen LogP contribution is -2.28. The molecule has 0 bridgehead atoms. The quantitative estimate of drug-likeness (QED) is 0.323. The molecule has 3 N–H and O–H groups in total. The van der Waals surface area contributed by atoms with E-state index < -0.39 is 0 Å². The lowest BCUT2D eigenvalue weighted by molar-refractivity contribution is 0.468. The lowest BCUT2D eigenvalue weighted by Gasteiger charge is -2.12. The fourth-order valence-corrected chi connectivity index (χ4v) is 2.95. The second-order valence-corrected chi connectivity index (χ2v) is 6.08. The van der Waals surface area contributed by atoms with Crippen LogP contribution in [0, 0.1) is 0 Å². The average molecular weight is 298 g/mol. The van der Waals surface area contributed by atoms with Gasteiger partial charge in [-0.2, -0.15) is 8.75 Å². The molecule has 1 rings (SSSR count). The second kappa shape index (κ2) is 12.2. The highest BCUT2D eigenvalue weighted by Crippen LogP contribution is 2.18. The van der Waals surface area contributed by atoms with Gasteiger partial charge in [0.05, 0.1) is 29.7 Å². The Morgan fingerprint density at radius 1 is 1.05 bits per heavy atom. The van der Waals surface area contributed by atoms with E-state index in [9.17, 15) is 0 Å². The number of hydrogen-bond acceptors (Lipinski definition) is 5. The van der Waals surface area contributed by atoms with Crippen LogP contribution >= 0.6 is 11.7 Å². The maximum Gasteiger partial charge on any atom is 0.0925 e. The predicted octanol–water partition coefficient (Wildman–Crippen LogP) is 4.35. The summed E-state index contributed by atoms with van der Waals surface area (Å²) in [5.41, 5.74) is 3.82. The molecule has 0 saturated carbocycles. The molecule has 5 heteroatoms. The van der Waals surface area contributed by atoms with Crippen LogP contribution in [0.3, 0.4) is 0 Å². The third-order valence-electron chi connectivity index (χ3n) is 3.78. The van der Waals surface area contributed by atoms with E-state index in [0.717, 1.165) is 12.1 Å². The minimum Gasteiger partial charge on any atom is -0.271 e. The molecule has 1 aromatic heterocycles. The van der Waals surface area contributed by atoms with Crippen LogP contribution in [0.5, 0.6) is 0 Å². The van der Waals surface area contributed by atoms with Gasteiger partial charge in [-0.1, -0.05) is 71.1 Å². The molecule has 0 saturated heterocycles. The van der Waals surface area contributed by atoms with E-state index in [1.807, 2.05) is 6.20 Å². The highest BCUT2D eigenvalue weighted by Gasteiger charge is 2.11. The van der Waals surface area contributed by atoms with E-state index in [1.165, 1.54) is 75.9 Å². The van der Waals surface area contributed by atoms with Crippen LogP contribution in [0.4, 0.5) is 0 Å². The fraction of sp³-hybridized carbons (Fsp3) is 0.867. The van der Waals surface area contributed by atoms with Crippen molar-refractivity contribution in [3.63, 3.8) is 0 Å². The molecule has 1 unspecified atom stereocenters. The van der Waals surface area contributed by atoms with Gasteiger partial charge >= 0.3 is 0 Å². The van der Waals surface area contributed by atoms with Crippen molar-refractivity contribution in [3.8, 4) is 0 Å². The molecule has 0 spiro atoms. The monoisotopic (exact) mass is 298 g/mol. The first-order valence-corrected chi connectivity index (χ1v) is 8.85. The molecular weight excluding hydrogens is 268 g/mol. The number of nitrogens with two attached hydrogens (primary N) is 1. The number of nitrogens with zero attached hydrogens (tertiary/aromatic N) is 2. The number of hydrazine groups is 1. The minimum absolute atomic E-state index is 0.169. The van der Waals surface area contributed by atoms with Crippen molar-refractivity contribution in [1.29, 1.82) is 0 Å². The maximum atomic E-state index is 5.57. The van der Waals surface area contributed by atoms with Crippen molar-refractivity contribution in [2.75, 3.05) is 0 Å². The zero-order valence-electron chi connectivity index (χ0n) is 12.8. The molecule has 0 aromatic carbocycles. The van der Waals surface area contributed by atoms with Gasteiger partial charge in [0.25, 0.3) is 0 Å². The molecule has 20 heavy (non-hydrogen) atoms. The molecule has 0 aliphatic rings. The Balaban J connectivity index is 1.91. The van der Waals surface area contributed by atoms with Crippen molar-refractivity contribution in [3.05, 3.63) is 11.9 Å². The van der Waals surface area contributed by atoms with E-state index in [4.69, 9.17) is 5.84 Å². The summed E-state index contributed by atoms with van der Waals surface area (Å²) >= 11 is 1.25. The van der Waals surface area contributed by atoms with Crippen LogP contribution in [-0.4, -0.2) is 8.75 Å². The van der Waals surface area contributed by atoms with E-state index in [1.54, 1.807) is 0 Å².